The van der Waals surface area contributed by atoms with E-state index in [1.54, 1.807) is 6.92 Å². The molecule has 0 aromatic rings. The second-order valence-corrected chi connectivity index (χ2v) is 3.35. The number of ether oxygens (including phenoxy) is 2. The summed E-state index contributed by atoms with van der Waals surface area (Å²) in [4.78, 5) is 21.8. The van der Waals surface area contributed by atoms with Gasteiger partial charge in [-0.25, -0.2) is 9.59 Å². The van der Waals surface area contributed by atoms with Crippen LogP contribution in [0.5, 0.6) is 0 Å². The fraction of sp³-hybridized carbons (Fsp3) is 0.600. The zero-order valence-electron chi connectivity index (χ0n) is 9.33. The summed E-state index contributed by atoms with van der Waals surface area (Å²) in [5.74, 6) is -0.483. The van der Waals surface area contributed by atoms with Gasteiger partial charge in [-0.1, -0.05) is 6.58 Å². The van der Waals surface area contributed by atoms with Gasteiger partial charge in [-0.15, -0.1) is 0 Å². The van der Waals surface area contributed by atoms with Crippen LogP contribution in [0.4, 0.5) is 4.79 Å². The number of carbonyl (C=O) groups excluding carboxylic acids is 2. The van der Waals surface area contributed by atoms with E-state index in [1.165, 1.54) is 0 Å². The van der Waals surface area contributed by atoms with Crippen molar-refractivity contribution >= 4 is 12.1 Å². The van der Waals surface area contributed by atoms with Crippen LogP contribution in [0.25, 0.3) is 0 Å². The van der Waals surface area contributed by atoms with E-state index in [-0.39, 0.29) is 20.7 Å². The van der Waals surface area contributed by atoms with Gasteiger partial charge in [-0.2, -0.15) is 0 Å². The Hall–Kier alpha value is -1.52. The topological polar surface area (TPSA) is 64.6 Å². The Morgan fingerprint density at radius 1 is 1.33 bits per heavy atom. The summed E-state index contributed by atoms with van der Waals surface area (Å²) in [6.07, 6.45) is -0.517. The largest absolute Gasteiger partial charge is 0.459 e. The normalized spacial score (nSPS) is 9.60. The van der Waals surface area contributed by atoms with Gasteiger partial charge >= 0.3 is 12.1 Å². The lowest BCUT2D eigenvalue weighted by Crippen LogP contribution is -2.31. The minimum Gasteiger partial charge on any atom is -0.459 e. The first-order valence-electron chi connectivity index (χ1n) is 4.69. The van der Waals surface area contributed by atoms with E-state index in [0.29, 0.717) is 5.57 Å². The zero-order valence-corrected chi connectivity index (χ0v) is 9.33. The van der Waals surface area contributed by atoms with Gasteiger partial charge < -0.3 is 14.8 Å². The monoisotopic (exact) mass is 217 g/mol. The minimum absolute atomic E-state index is 0. The van der Waals surface area contributed by atoms with Crippen LogP contribution in [-0.2, 0) is 14.3 Å². The maximum Gasteiger partial charge on any atom is 0.407 e. The van der Waals surface area contributed by atoms with E-state index >= 15 is 0 Å². The molecule has 0 bridgehead atoms. The number of alkyl carbamates (subject to hydrolysis) is 1. The summed E-state index contributed by atoms with van der Waals surface area (Å²) >= 11 is 0. The van der Waals surface area contributed by atoms with Crippen LogP contribution in [0.2, 0.25) is 0 Å². The molecule has 88 valence electrons. The SMILES string of the molecule is C=C(C)C(=O)OCCOC(=O)NC(C)C.[HH]. The fourth-order valence-electron chi connectivity index (χ4n) is 0.669. The Labute approximate surface area is 90.9 Å². The van der Waals surface area contributed by atoms with E-state index in [1.807, 2.05) is 13.8 Å². The molecule has 0 aliphatic heterocycles. The van der Waals surface area contributed by atoms with Crippen molar-refractivity contribution in [2.24, 2.45) is 0 Å². The van der Waals surface area contributed by atoms with Crippen LogP contribution < -0.4 is 5.32 Å². The van der Waals surface area contributed by atoms with Crippen LogP contribution in [0, 0.1) is 0 Å². The van der Waals surface area contributed by atoms with Crippen molar-refractivity contribution in [2.45, 2.75) is 26.8 Å². The molecule has 0 aromatic carbocycles. The van der Waals surface area contributed by atoms with Gasteiger partial charge in [0.2, 0.25) is 0 Å². The molecular formula is C10H19NO4. The van der Waals surface area contributed by atoms with Crippen molar-refractivity contribution < 1.29 is 20.5 Å². The third-order valence-electron chi connectivity index (χ3n) is 1.30. The van der Waals surface area contributed by atoms with E-state index < -0.39 is 12.1 Å². The number of carbonyl (C=O) groups is 2. The van der Waals surface area contributed by atoms with Crippen molar-refractivity contribution in [3.05, 3.63) is 12.2 Å². The summed E-state index contributed by atoms with van der Waals surface area (Å²) in [5.41, 5.74) is 0.321. The molecule has 0 heterocycles. The van der Waals surface area contributed by atoms with Crippen LogP contribution in [-0.4, -0.2) is 31.3 Å². The van der Waals surface area contributed by atoms with Crippen molar-refractivity contribution in [1.29, 1.82) is 0 Å². The molecule has 0 spiro atoms. The summed E-state index contributed by atoms with van der Waals surface area (Å²) in [5, 5.41) is 2.53. The number of esters is 1. The lowest BCUT2D eigenvalue weighted by molar-refractivity contribution is -0.139. The molecule has 0 aromatic heterocycles. The van der Waals surface area contributed by atoms with Gasteiger partial charge in [0.1, 0.15) is 13.2 Å². The first kappa shape index (κ1) is 13.5. The fourth-order valence-corrected chi connectivity index (χ4v) is 0.669. The highest BCUT2D eigenvalue weighted by molar-refractivity contribution is 5.86. The van der Waals surface area contributed by atoms with E-state index in [2.05, 4.69) is 11.9 Å². The first-order chi connectivity index (χ1) is 6.93. The average molecular weight is 217 g/mol. The molecule has 1 N–H and O–H groups in total. The van der Waals surface area contributed by atoms with E-state index in [9.17, 15) is 9.59 Å². The third-order valence-corrected chi connectivity index (χ3v) is 1.30. The molecule has 0 saturated carbocycles. The standard InChI is InChI=1S/C10H17NO4.H2/c1-7(2)9(12)14-5-6-15-10(13)11-8(3)4;/h8H,1,5-6H2,2-4H3,(H,11,13);1H. The molecular weight excluding hydrogens is 198 g/mol. The van der Waals surface area contributed by atoms with Gasteiger partial charge in [0.25, 0.3) is 0 Å². The zero-order chi connectivity index (χ0) is 11.8. The van der Waals surface area contributed by atoms with Crippen molar-refractivity contribution in [1.82, 2.24) is 5.32 Å². The Morgan fingerprint density at radius 2 is 1.87 bits per heavy atom. The van der Waals surface area contributed by atoms with Crippen LogP contribution >= 0.6 is 0 Å². The summed E-state index contributed by atoms with van der Waals surface area (Å²) in [6.45, 7) is 8.69. The molecule has 0 atom stereocenters. The lowest BCUT2D eigenvalue weighted by atomic mass is 10.4. The highest BCUT2D eigenvalue weighted by Crippen LogP contribution is 1.91. The van der Waals surface area contributed by atoms with E-state index in [4.69, 9.17) is 9.47 Å². The number of amides is 1. The van der Waals surface area contributed by atoms with Crippen molar-refractivity contribution in [3.63, 3.8) is 0 Å². The van der Waals surface area contributed by atoms with Gasteiger partial charge in [-0.3, -0.25) is 0 Å². The quantitative estimate of drug-likeness (QED) is 0.430. The summed E-state index contributed by atoms with van der Waals surface area (Å²) < 4.78 is 9.44. The predicted molar refractivity (Wildman–Crippen MR) is 57.5 cm³/mol. The third kappa shape index (κ3) is 7.54. The van der Waals surface area contributed by atoms with Crippen molar-refractivity contribution in [2.75, 3.05) is 13.2 Å². The Balaban J connectivity index is 0. The highest BCUT2D eigenvalue weighted by Gasteiger charge is 2.05. The van der Waals surface area contributed by atoms with Gasteiger partial charge in [0, 0.05) is 13.0 Å². The second kappa shape index (κ2) is 6.86. The van der Waals surface area contributed by atoms with Crippen molar-refractivity contribution in [3.8, 4) is 0 Å². The van der Waals surface area contributed by atoms with Crippen LogP contribution in [0.3, 0.4) is 0 Å². The molecule has 15 heavy (non-hydrogen) atoms. The molecule has 0 aliphatic rings. The Morgan fingerprint density at radius 3 is 2.33 bits per heavy atom. The van der Waals surface area contributed by atoms with Gasteiger partial charge in [-0.05, 0) is 20.8 Å². The molecule has 0 rings (SSSR count). The first-order valence-corrected chi connectivity index (χ1v) is 4.69. The average Bonchev–Trinajstić information content (AvgIpc) is 2.10. The number of nitrogens with one attached hydrogen (secondary N) is 1. The molecule has 0 radical (unpaired) electrons. The molecule has 0 saturated heterocycles. The smallest absolute Gasteiger partial charge is 0.407 e. The molecule has 0 aliphatic carbocycles. The molecule has 1 amide bonds. The number of hydrogen-bond donors (Lipinski definition) is 1. The Kier molecular flexibility index (Phi) is 6.17. The van der Waals surface area contributed by atoms with Crippen LogP contribution in [0.15, 0.2) is 12.2 Å². The Bertz CT molecular complexity index is 253. The molecule has 0 fully saturated rings. The summed E-state index contributed by atoms with van der Waals surface area (Å²) in [6, 6.07) is 0.0236. The highest BCUT2D eigenvalue weighted by atomic mass is 16.6. The molecule has 5 heteroatoms. The predicted octanol–water partition coefficient (Wildman–Crippen LogP) is 1.49. The van der Waals surface area contributed by atoms with Gasteiger partial charge in [0.05, 0.1) is 0 Å². The maximum absolute atomic E-state index is 10.9. The number of hydrogen-bond acceptors (Lipinski definition) is 4. The number of rotatable bonds is 5. The van der Waals surface area contributed by atoms with Crippen LogP contribution in [0.1, 0.15) is 22.2 Å². The van der Waals surface area contributed by atoms with Gasteiger partial charge in [0.15, 0.2) is 0 Å². The second-order valence-electron chi connectivity index (χ2n) is 3.35. The summed E-state index contributed by atoms with van der Waals surface area (Å²) in [7, 11) is 0. The lowest BCUT2D eigenvalue weighted by Gasteiger charge is -2.09. The van der Waals surface area contributed by atoms with E-state index in [0.717, 1.165) is 0 Å². The molecule has 0 unspecified atom stereocenters. The minimum atomic E-state index is -0.517. The molecule has 5 nitrogen and oxygen atoms in total. The maximum atomic E-state index is 10.9.